The number of aliphatic hydroxyl groups is 1. The maximum absolute atomic E-state index is 12.9. The fraction of sp³-hybridized carbons (Fsp3) is 0.400. The normalized spacial score (nSPS) is 12.8. The highest BCUT2D eigenvalue weighted by molar-refractivity contribution is 7.92. The van der Waals surface area contributed by atoms with Crippen LogP contribution in [0.3, 0.4) is 0 Å². The summed E-state index contributed by atoms with van der Waals surface area (Å²) in [7, 11) is -3.70. The molecule has 0 atom stereocenters. The Morgan fingerprint density at radius 3 is 2.47 bits per heavy atom. The van der Waals surface area contributed by atoms with E-state index in [9.17, 15) is 12.8 Å². The average molecular weight is 232 g/mol. The van der Waals surface area contributed by atoms with Crippen LogP contribution in [0.5, 0.6) is 0 Å². The zero-order valence-corrected chi connectivity index (χ0v) is 9.38. The molecule has 1 aromatic rings. The molecule has 0 spiro atoms. The third kappa shape index (κ3) is 2.18. The van der Waals surface area contributed by atoms with Gasteiger partial charge in [0.15, 0.2) is 9.84 Å². The summed E-state index contributed by atoms with van der Waals surface area (Å²) in [5, 5.41) is 8.99. The lowest BCUT2D eigenvalue weighted by atomic mass is 10.2. The van der Waals surface area contributed by atoms with Gasteiger partial charge in [0.1, 0.15) is 5.82 Å². The van der Waals surface area contributed by atoms with E-state index in [0.29, 0.717) is 0 Å². The van der Waals surface area contributed by atoms with Gasteiger partial charge in [-0.3, -0.25) is 0 Å². The topological polar surface area (TPSA) is 54.4 Å². The first-order chi connectivity index (χ1) is 6.81. The Morgan fingerprint density at radius 1 is 1.40 bits per heavy atom. The Hall–Kier alpha value is -0.940. The zero-order chi connectivity index (χ0) is 11.7. The summed E-state index contributed by atoms with van der Waals surface area (Å²) < 4.78 is 35.4. The summed E-state index contributed by atoms with van der Waals surface area (Å²) in [4.78, 5) is -0.110. The molecular formula is C10H13FO3S. The van der Waals surface area contributed by atoms with E-state index in [4.69, 9.17) is 5.11 Å². The molecule has 0 aromatic heterocycles. The molecule has 84 valence electrons. The second kappa shape index (κ2) is 3.90. The number of aliphatic hydroxyl groups excluding tert-OH is 1. The van der Waals surface area contributed by atoms with Crippen molar-refractivity contribution in [2.24, 2.45) is 0 Å². The van der Waals surface area contributed by atoms with Crippen molar-refractivity contribution in [1.29, 1.82) is 0 Å². The maximum Gasteiger partial charge on any atom is 0.185 e. The van der Waals surface area contributed by atoms with Crippen molar-refractivity contribution in [3.63, 3.8) is 0 Å². The van der Waals surface area contributed by atoms with Crippen LogP contribution in [-0.4, -0.2) is 24.9 Å². The predicted molar refractivity (Wildman–Crippen MR) is 54.8 cm³/mol. The Morgan fingerprint density at radius 2 is 2.00 bits per heavy atom. The number of halogens is 1. The van der Waals surface area contributed by atoms with Gasteiger partial charge in [-0.2, -0.15) is 0 Å². The van der Waals surface area contributed by atoms with Crippen LogP contribution in [0.25, 0.3) is 0 Å². The van der Waals surface area contributed by atoms with Crippen molar-refractivity contribution in [1.82, 2.24) is 0 Å². The quantitative estimate of drug-likeness (QED) is 0.856. The summed E-state index contributed by atoms with van der Waals surface area (Å²) in [6, 6.07) is 4.77. The van der Waals surface area contributed by atoms with Crippen molar-refractivity contribution < 1.29 is 17.9 Å². The van der Waals surface area contributed by atoms with E-state index in [1.165, 1.54) is 32.0 Å². The van der Waals surface area contributed by atoms with Crippen LogP contribution in [0.4, 0.5) is 4.39 Å². The molecule has 5 heteroatoms. The van der Waals surface area contributed by atoms with Crippen molar-refractivity contribution in [3.05, 3.63) is 30.1 Å². The molecular weight excluding hydrogens is 219 g/mol. The first-order valence-corrected chi connectivity index (χ1v) is 5.90. The van der Waals surface area contributed by atoms with E-state index in [2.05, 4.69) is 0 Å². The van der Waals surface area contributed by atoms with Crippen LogP contribution >= 0.6 is 0 Å². The lowest BCUT2D eigenvalue weighted by molar-refractivity contribution is 0.258. The molecule has 0 bridgehead atoms. The molecule has 1 aromatic carbocycles. The SMILES string of the molecule is CC(C)(CO)S(=O)(=O)c1cccc(F)c1. The van der Waals surface area contributed by atoms with E-state index in [0.717, 1.165) is 6.07 Å². The number of benzene rings is 1. The van der Waals surface area contributed by atoms with Crippen LogP contribution < -0.4 is 0 Å². The lowest BCUT2D eigenvalue weighted by Crippen LogP contribution is -2.35. The van der Waals surface area contributed by atoms with Crippen LogP contribution in [0.2, 0.25) is 0 Å². The standard InChI is InChI=1S/C10H13FO3S/c1-10(2,7-12)15(13,14)9-5-3-4-8(11)6-9/h3-6,12H,7H2,1-2H3. The molecule has 0 aliphatic rings. The first kappa shape index (κ1) is 12.1. The monoisotopic (exact) mass is 232 g/mol. The van der Waals surface area contributed by atoms with Gasteiger partial charge >= 0.3 is 0 Å². The van der Waals surface area contributed by atoms with E-state index < -0.39 is 27.0 Å². The van der Waals surface area contributed by atoms with Gasteiger partial charge in [-0.15, -0.1) is 0 Å². The zero-order valence-electron chi connectivity index (χ0n) is 8.57. The summed E-state index contributed by atoms with van der Waals surface area (Å²) in [6.45, 7) is 2.28. The highest BCUT2D eigenvalue weighted by atomic mass is 32.2. The summed E-state index contributed by atoms with van der Waals surface area (Å²) in [5.41, 5.74) is 0. The van der Waals surface area contributed by atoms with Crippen LogP contribution in [-0.2, 0) is 9.84 Å². The summed E-state index contributed by atoms with van der Waals surface area (Å²) in [5.74, 6) is -0.607. The van der Waals surface area contributed by atoms with Gasteiger partial charge in [0, 0.05) is 0 Å². The largest absolute Gasteiger partial charge is 0.395 e. The summed E-state index contributed by atoms with van der Waals surface area (Å²) >= 11 is 0. The van der Waals surface area contributed by atoms with E-state index in [-0.39, 0.29) is 4.90 Å². The van der Waals surface area contributed by atoms with E-state index >= 15 is 0 Å². The predicted octanol–water partition coefficient (Wildman–Crippen LogP) is 1.37. The number of rotatable bonds is 3. The Kier molecular flexibility index (Phi) is 3.16. The second-order valence-electron chi connectivity index (χ2n) is 3.88. The molecule has 0 saturated heterocycles. The number of sulfone groups is 1. The van der Waals surface area contributed by atoms with Crippen molar-refractivity contribution in [2.45, 2.75) is 23.5 Å². The highest BCUT2D eigenvalue weighted by Gasteiger charge is 2.35. The molecule has 0 fully saturated rings. The Bertz CT molecular complexity index is 451. The van der Waals surface area contributed by atoms with Gasteiger partial charge in [0.2, 0.25) is 0 Å². The van der Waals surface area contributed by atoms with Crippen LogP contribution in [0.1, 0.15) is 13.8 Å². The number of hydrogen-bond donors (Lipinski definition) is 1. The molecule has 0 amide bonds. The molecule has 0 aliphatic heterocycles. The third-order valence-electron chi connectivity index (χ3n) is 2.21. The van der Waals surface area contributed by atoms with Gasteiger partial charge < -0.3 is 5.11 Å². The van der Waals surface area contributed by atoms with Gasteiger partial charge in [0.25, 0.3) is 0 Å². The minimum absolute atomic E-state index is 0.110. The Balaban J connectivity index is 3.30. The number of hydrogen-bond acceptors (Lipinski definition) is 3. The molecule has 0 aliphatic carbocycles. The average Bonchev–Trinajstić information content (AvgIpc) is 2.17. The minimum atomic E-state index is -3.70. The van der Waals surface area contributed by atoms with Crippen molar-refractivity contribution in [3.8, 4) is 0 Å². The van der Waals surface area contributed by atoms with Crippen LogP contribution in [0, 0.1) is 5.82 Å². The minimum Gasteiger partial charge on any atom is -0.395 e. The molecule has 0 unspecified atom stereocenters. The first-order valence-electron chi connectivity index (χ1n) is 4.42. The summed E-state index contributed by atoms with van der Waals surface area (Å²) in [6.07, 6.45) is 0. The van der Waals surface area contributed by atoms with Gasteiger partial charge in [-0.25, -0.2) is 12.8 Å². The fourth-order valence-corrected chi connectivity index (χ4v) is 2.37. The highest BCUT2D eigenvalue weighted by Crippen LogP contribution is 2.25. The maximum atomic E-state index is 12.9. The smallest absolute Gasteiger partial charge is 0.185 e. The molecule has 3 nitrogen and oxygen atoms in total. The molecule has 0 saturated carbocycles. The van der Waals surface area contributed by atoms with Gasteiger partial charge in [-0.05, 0) is 32.0 Å². The fourth-order valence-electron chi connectivity index (χ4n) is 1.04. The molecule has 1 rings (SSSR count). The molecule has 15 heavy (non-hydrogen) atoms. The van der Waals surface area contributed by atoms with Crippen molar-refractivity contribution >= 4 is 9.84 Å². The van der Waals surface area contributed by atoms with E-state index in [1.807, 2.05) is 0 Å². The van der Waals surface area contributed by atoms with Gasteiger partial charge in [0.05, 0.1) is 16.2 Å². The van der Waals surface area contributed by atoms with E-state index in [1.54, 1.807) is 0 Å². The second-order valence-corrected chi connectivity index (χ2v) is 6.46. The van der Waals surface area contributed by atoms with Gasteiger partial charge in [-0.1, -0.05) is 6.07 Å². The van der Waals surface area contributed by atoms with Crippen molar-refractivity contribution in [2.75, 3.05) is 6.61 Å². The Labute approximate surface area is 88.5 Å². The molecule has 1 N–H and O–H groups in total. The third-order valence-corrected chi connectivity index (χ3v) is 4.67. The lowest BCUT2D eigenvalue weighted by Gasteiger charge is -2.21. The van der Waals surface area contributed by atoms with Crippen LogP contribution in [0.15, 0.2) is 29.2 Å². The molecule has 0 radical (unpaired) electrons. The molecule has 0 heterocycles.